The van der Waals surface area contributed by atoms with E-state index in [0.717, 1.165) is 62.5 Å². The lowest BCUT2D eigenvalue weighted by Crippen LogP contribution is -2.49. The number of hydrogen-bond donors (Lipinski definition) is 1. The van der Waals surface area contributed by atoms with Crippen LogP contribution >= 0.6 is 11.6 Å². The van der Waals surface area contributed by atoms with Gasteiger partial charge in [0, 0.05) is 56.5 Å². The van der Waals surface area contributed by atoms with E-state index >= 15 is 0 Å². The molecule has 3 rings (SSSR count). The molecule has 0 atom stereocenters. The minimum Gasteiger partial charge on any atom is -0.368 e. The fourth-order valence-corrected chi connectivity index (χ4v) is 3.59. The highest BCUT2D eigenvalue weighted by Gasteiger charge is 2.22. The number of anilines is 1. The fourth-order valence-electron chi connectivity index (χ4n) is 3.46. The highest BCUT2D eigenvalue weighted by Crippen LogP contribution is 2.19. The molecule has 0 bridgehead atoms. The van der Waals surface area contributed by atoms with E-state index in [2.05, 4.69) is 27.0 Å². The maximum atomic E-state index is 12.5. The molecule has 1 N–H and O–H groups in total. The predicted octanol–water partition coefficient (Wildman–Crippen LogP) is 2.05. The Kier molecular flexibility index (Phi) is 6.61. The van der Waals surface area contributed by atoms with Crippen LogP contribution in [0, 0.1) is 0 Å². The van der Waals surface area contributed by atoms with Crippen molar-refractivity contribution in [2.45, 2.75) is 19.8 Å². The van der Waals surface area contributed by atoms with Crippen LogP contribution in [0.3, 0.4) is 0 Å². The highest BCUT2D eigenvalue weighted by molar-refractivity contribution is 6.30. The summed E-state index contributed by atoms with van der Waals surface area (Å²) in [5, 5.41) is 4.05. The summed E-state index contributed by atoms with van der Waals surface area (Å²) in [6, 6.07) is 7.87. The van der Waals surface area contributed by atoms with E-state index in [0.29, 0.717) is 0 Å². The molecule has 2 aliphatic rings. The van der Waals surface area contributed by atoms with Gasteiger partial charge in [0.2, 0.25) is 5.91 Å². The molecule has 2 saturated heterocycles. The van der Waals surface area contributed by atoms with Gasteiger partial charge in [-0.1, -0.05) is 11.6 Å². The van der Waals surface area contributed by atoms with Crippen LogP contribution in [0.15, 0.2) is 29.3 Å². The first-order valence-corrected chi connectivity index (χ1v) is 9.86. The van der Waals surface area contributed by atoms with Crippen molar-refractivity contribution in [2.24, 2.45) is 4.99 Å². The lowest BCUT2D eigenvalue weighted by molar-refractivity contribution is -0.129. The number of piperazine rings is 1. The Bertz CT molecular complexity index is 619. The van der Waals surface area contributed by atoms with Gasteiger partial charge in [0.25, 0.3) is 0 Å². The van der Waals surface area contributed by atoms with Crippen LogP contribution in [0.5, 0.6) is 0 Å². The minimum atomic E-state index is 0.107. The van der Waals surface area contributed by atoms with Gasteiger partial charge in [-0.3, -0.25) is 4.79 Å². The topological polar surface area (TPSA) is 51.2 Å². The number of nitrogens with one attached hydrogen (secondary N) is 1. The molecule has 26 heavy (non-hydrogen) atoms. The Morgan fingerprint density at radius 3 is 2.31 bits per heavy atom. The number of likely N-dealkylation sites (tertiary alicyclic amines) is 1. The molecule has 0 saturated carbocycles. The average molecular weight is 378 g/mol. The largest absolute Gasteiger partial charge is 0.368 e. The standard InChI is InChI=1S/C19H28ClN5O/c1-2-21-19(25-9-3-4-10-25)22-15-18(26)24-13-11-23(12-14-24)17-7-5-16(20)6-8-17/h5-8H,2-4,9-15H2,1H3,(H,21,22). The molecule has 1 aromatic carbocycles. The zero-order valence-corrected chi connectivity index (χ0v) is 16.2. The molecule has 6 nitrogen and oxygen atoms in total. The summed E-state index contributed by atoms with van der Waals surface area (Å²) in [6.45, 7) is 8.30. The van der Waals surface area contributed by atoms with Gasteiger partial charge in [-0.05, 0) is 44.0 Å². The zero-order valence-electron chi connectivity index (χ0n) is 15.5. The normalized spacial score (nSPS) is 18.4. The number of benzene rings is 1. The van der Waals surface area contributed by atoms with E-state index in [1.54, 1.807) is 0 Å². The Morgan fingerprint density at radius 1 is 1.04 bits per heavy atom. The summed E-state index contributed by atoms with van der Waals surface area (Å²) >= 11 is 5.95. The SMILES string of the molecule is CCNC(=NCC(=O)N1CCN(c2ccc(Cl)cc2)CC1)N1CCCC1. The smallest absolute Gasteiger partial charge is 0.244 e. The maximum absolute atomic E-state index is 12.5. The van der Waals surface area contributed by atoms with Crippen molar-refractivity contribution in [3.63, 3.8) is 0 Å². The van der Waals surface area contributed by atoms with Gasteiger partial charge in [-0.25, -0.2) is 4.99 Å². The van der Waals surface area contributed by atoms with E-state index in [9.17, 15) is 4.79 Å². The van der Waals surface area contributed by atoms with Crippen LogP contribution in [0.2, 0.25) is 5.02 Å². The van der Waals surface area contributed by atoms with Gasteiger partial charge >= 0.3 is 0 Å². The van der Waals surface area contributed by atoms with E-state index in [-0.39, 0.29) is 12.5 Å². The summed E-state index contributed by atoms with van der Waals surface area (Å²) in [5.74, 6) is 0.980. The van der Waals surface area contributed by atoms with Crippen LogP contribution in [0.1, 0.15) is 19.8 Å². The van der Waals surface area contributed by atoms with Crippen molar-refractivity contribution in [3.8, 4) is 0 Å². The van der Waals surface area contributed by atoms with Gasteiger partial charge in [-0.2, -0.15) is 0 Å². The van der Waals surface area contributed by atoms with Crippen molar-refractivity contribution >= 4 is 29.2 Å². The molecular formula is C19H28ClN5O. The Morgan fingerprint density at radius 2 is 1.69 bits per heavy atom. The predicted molar refractivity (Wildman–Crippen MR) is 107 cm³/mol. The molecule has 2 heterocycles. The van der Waals surface area contributed by atoms with Gasteiger partial charge in [-0.15, -0.1) is 0 Å². The minimum absolute atomic E-state index is 0.107. The molecule has 1 aromatic rings. The molecule has 142 valence electrons. The molecule has 2 fully saturated rings. The van der Waals surface area contributed by atoms with Gasteiger partial charge in [0.15, 0.2) is 5.96 Å². The monoisotopic (exact) mass is 377 g/mol. The molecule has 7 heteroatoms. The van der Waals surface area contributed by atoms with E-state index in [1.165, 1.54) is 12.8 Å². The van der Waals surface area contributed by atoms with Crippen molar-refractivity contribution in [2.75, 3.05) is 57.3 Å². The summed E-state index contributed by atoms with van der Waals surface area (Å²) < 4.78 is 0. The molecule has 2 aliphatic heterocycles. The second-order valence-corrected chi connectivity index (χ2v) is 7.15. The van der Waals surface area contributed by atoms with Crippen LogP contribution in [-0.4, -0.2) is 74.0 Å². The van der Waals surface area contributed by atoms with Crippen LogP contribution < -0.4 is 10.2 Å². The molecular weight excluding hydrogens is 350 g/mol. The second-order valence-electron chi connectivity index (χ2n) is 6.71. The van der Waals surface area contributed by atoms with Gasteiger partial charge in [0.1, 0.15) is 6.54 Å². The number of carbonyl (C=O) groups excluding carboxylic acids is 1. The number of hydrogen-bond acceptors (Lipinski definition) is 3. The molecule has 0 aliphatic carbocycles. The quantitative estimate of drug-likeness (QED) is 0.644. The first-order chi connectivity index (χ1) is 12.7. The number of aliphatic imine (C=N–C) groups is 1. The third-order valence-corrected chi connectivity index (χ3v) is 5.18. The Labute approximate surface area is 160 Å². The molecule has 0 unspecified atom stereocenters. The Balaban J connectivity index is 1.51. The number of guanidine groups is 1. The molecule has 0 spiro atoms. The second kappa shape index (κ2) is 9.12. The van der Waals surface area contributed by atoms with E-state index in [1.807, 2.05) is 29.2 Å². The Hall–Kier alpha value is -1.95. The van der Waals surface area contributed by atoms with Crippen molar-refractivity contribution in [1.82, 2.24) is 15.1 Å². The van der Waals surface area contributed by atoms with E-state index < -0.39 is 0 Å². The third kappa shape index (κ3) is 4.81. The van der Waals surface area contributed by atoms with Crippen LogP contribution in [-0.2, 0) is 4.79 Å². The molecule has 0 radical (unpaired) electrons. The number of halogens is 1. The summed E-state index contributed by atoms with van der Waals surface area (Å²) in [5.41, 5.74) is 1.16. The molecule has 1 amide bonds. The fraction of sp³-hybridized carbons (Fsp3) is 0.579. The van der Waals surface area contributed by atoms with Crippen LogP contribution in [0.4, 0.5) is 5.69 Å². The van der Waals surface area contributed by atoms with Gasteiger partial charge < -0.3 is 20.0 Å². The lowest BCUT2D eigenvalue weighted by Gasteiger charge is -2.36. The van der Waals surface area contributed by atoms with Crippen molar-refractivity contribution in [1.29, 1.82) is 0 Å². The van der Waals surface area contributed by atoms with E-state index in [4.69, 9.17) is 11.6 Å². The number of carbonyl (C=O) groups is 1. The zero-order chi connectivity index (χ0) is 18.4. The maximum Gasteiger partial charge on any atom is 0.244 e. The summed E-state index contributed by atoms with van der Waals surface area (Å²) in [4.78, 5) is 23.6. The molecule has 0 aromatic heterocycles. The van der Waals surface area contributed by atoms with Crippen molar-refractivity contribution in [3.05, 3.63) is 29.3 Å². The first-order valence-electron chi connectivity index (χ1n) is 9.49. The van der Waals surface area contributed by atoms with Crippen LogP contribution in [0.25, 0.3) is 0 Å². The van der Waals surface area contributed by atoms with Crippen molar-refractivity contribution < 1.29 is 4.79 Å². The summed E-state index contributed by atoms with van der Waals surface area (Å²) in [7, 11) is 0. The number of amides is 1. The third-order valence-electron chi connectivity index (χ3n) is 4.93. The lowest BCUT2D eigenvalue weighted by atomic mass is 10.2. The first kappa shape index (κ1) is 18.8. The number of nitrogens with zero attached hydrogens (tertiary/aromatic N) is 4. The highest BCUT2D eigenvalue weighted by atomic mass is 35.5. The average Bonchev–Trinajstić information content (AvgIpc) is 3.20. The number of rotatable bonds is 4. The van der Waals surface area contributed by atoms with Gasteiger partial charge in [0.05, 0.1) is 0 Å². The summed E-state index contributed by atoms with van der Waals surface area (Å²) in [6.07, 6.45) is 2.40.